The SMILES string of the molecule is NC(=O)CCOC(=O)c1ccn(-c2ccc(N)cc2)n1. The molecule has 0 atom stereocenters. The summed E-state index contributed by atoms with van der Waals surface area (Å²) in [7, 11) is 0. The van der Waals surface area contributed by atoms with Crippen LogP contribution in [0, 0.1) is 0 Å². The standard InChI is InChI=1S/C13H14N4O3/c14-9-1-3-10(4-2-9)17-7-5-11(16-17)13(19)20-8-6-12(15)18/h1-5,7H,6,8,14H2,(H2,15,18). The molecule has 0 spiro atoms. The zero-order valence-electron chi connectivity index (χ0n) is 10.7. The minimum absolute atomic E-state index is 0.00951. The lowest BCUT2D eigenvalue weighted by atomic mass is 10.3. The molecule has 2 aromatic rings. The van der Waals surface area contributed by atoms with Crippen LogP contribution < -0.4 is 11.5 Å². The molecule has 1 amide bonds. The van der Waals surface area contributed by atoms with E-state index in [0.717, 1.165) is 5.69 Å². The molecular formula is C13H14N4O3. The van der Waals surface area contributed by atoms with Crippen LogP contribution in [0.2, 0.25) is 0 Å². The van der Waals surface area contributed by atoms with Crippen LogP contribution in [-0.4, -0.2) is 28.3 Å². The number of rotatable bonds is 5. The molecule has 20 heavy (non-hydrogen) atoms. The van der Waals surface area contributed by atoms with Crippen molar-refractivity contribution in [2.45, 2.75) is 6.42 Å². The van der Waals surface area contributed by atoms with E-state index in [9.17, 15) is 9.59 Å². The van der Waals surface area contributed by atoms with Crippen molar-refractivity contribution in [3.8, 4) is 5.69 Å². The molecule has 7 nitrogen and oxygen atoms in total. The third kappa shape index (κ3) is 3.35. The van der Waals surface area contributed by atoms with Gasteiger partial charge in [0.15, 0.2) is 5.69 Å². The van der Waals surface area contributed by atoms with Gasteiger partial charge in [0.25, 0.3) is 0 Å². The van der Waals surface area contributed by atoms with Crippen molar-refractivity contribution in [3.05, 3.63) is 42.2 Å². The van der Waals surface area contributed by atoms with Crippen molar-refractivity contribution in [2.24, 2.45) is 5.73 Å². The maximum Gasteiger partial charge on any atom is 0.358 e. The third-order valence-electron chi connectivity index (χ3n) is 2.54. The summed E-state index contributed by atoms with van der Waals surface area (Å²) in [6.45, 7) is -0.0527. The van der Waals surface area contributed by atoms with Gasteiger partial charge in [-0.15, -0.1) is 0 Å². The molecule has 0 unspecified atom stereocenters. The van der Waals surface area contributed by atoms with Crippen molar-refractivity contribution in [3.63, 3.8) is 0 Å². The fraction of sp³-hybridized carbons (Fsp3) is 0.154. The van der Waals surface area contributed by atoms with Crippen LogP contribution in [-0.2, 0) is 9.53 Å². The van der Waals surface area contributed by atoms with Crippen LogP contribution >= 0.6 is 0 Å². The number of aromatic nitrogens is 2. The van der Waals surface area contributed by atoms with Crippen LogP contribution in [0.1, 0.15) is 16.9 Å². The smallest absolute Gasteiger partial charge is 0.358 e. The van der Waals surface area contributed by atoms with E-state index in [0.29, 0.717) is 5.69 Å². The maximum atomic E-state index is 11.7. The molecule has 0 saturated carbocycles. The number of nitrogen functional groups attached to an aromatic ring is 1. The second-order valence-electron chi connectivity index (χ2n) is 4.09. The van der Waals surface area contributed by atoms with E-state index in [1.807, 2.05) is 0 Å². The highest BCUT2D eigenvalue weighted by molar-refractivity contribution is 5.87. The van der Waals surface area contributed by atoms with Gasteiger partial charge in [-0.25, -0.2) is 9.48 Å². The van der Waals surface area contributed by atoms with Gasteiger partial charge in [-0.05, 0) is 30.3 Å². The Hall–Kier alpha value is -2.83. The molecule has 4 N–H and O–H groups in total. The monoisotopic (exact) mass is 274 g/mol. The van der Waals surface area contributed by atoms with E-state index in [4.69, 9.17) is 16.2 Å². The van der Waals surface area contributed by atoms with E-state index in [-0.39, 0.29) is 18.7 Å². The molecule has 0 aliphatic carbocycles. The number of nitrogens with two attached hydrogens (primary N) is 2. The summed E-state index contributed by atoms with van der Waals surface area (Å²) in [4.78, 5) is 22.2. The number of esters is 1. The predicted octanol–water partition coefficient (Wildman–Crippen LogP) is 0.487. The Morgan fingerprint density at radius 1 is 1.20 bits per heavy atom. The first-order valence-corrected chi connectivity index (χ1v) is 5.93. The average molecular weight is 274 g/mol. The Morgan fingerprint density at radius 2 is 1.90 bits per heavy atom. The van der Waals surface area contributed by atoms with Crippen LogP contribution in [0.25, 0.3) is 5.69 Å². The molecule has 7 heteroatoms. The van der Waals surface area contributed by atoms with Crippen LogP contribution in [0.3, 0.4) is 0 Å². The Bertz CT molecular complexity index is 619. The van der Waals surface area contributed by atoms with Gasteiger partial charge in [-0.2, -0.15) is 5.10 Å². The highest BCUT2D eigenvalue weighted by Crippen LogP contribution is 2.11. The number of carbonyl (C=O) groups is 2. The number of amides is 1. The fourth-order valence-corrected chi connectivity index (χ4v) is 1.52. The molecule has 0 aliphatic heterocycles. The van der Waals surface area contributed by atoms with Crippen molar-refractivity contribution in [1.82, 2.24) is 9.78 Å². The number of primary amides is 1. The van der Waals surface area contributed by atoms with Crippen molar-refractivity contribution in [2.75, 3.05) is 12.3 Å². The van der Waals surface area contributed by atoms with Gasteiger partial charge < -0.3 is 16.2 Å². The van der Waals surface area contributed by atoms with Crippen molar-refractivity contribution < 1.29 is 14.3 Å². The number of hydrogen-bond acceptors (Lipinski definition) is 5. The number of anilines is 1. The first-order valence-electron chi connectivity index (χ1n) is 5.93. The normalized spacial score (nSPS) is 10.2. The lowest BCUT2D eigenvalue weighted by Gasteiger charge is -2.02. The minimum Gasteiger partial charge on any atom is -0.460 e. The highest BCUT2D eigenvalue weighted by atomic mass is 16.5. The average Bonchev–Trinajstić information content (AvgIpc) is 2.88. The lowest BCUT2D eigenvalue weighted by Crippen LogP contribution is -2.16. The summed E-state index contributed by atoms with van der Waals surface area (Å²) in [5, 5.41) is 4.09. The Balaban J connectivity index is 2.03. The molecular weight excluding hydrogens is 260 g/mol. The van der Waals surface area contributed by atoms with Crippen LogP contribution in [0.4, 0.5) is 5.69 Å². The Kier molecular flexibility index (Phi) is 3.99. The lowest BCUT2D eigenvalue weighted by molar-refractivity contribution is -0.118. The summed E-state index contributed by atoms with van der Waals surface area (Å²) in [6, 6.07) is 8.57. The first-order chi connectivity index (χ1) is 9.56. The largest absolute Gasteiger partial charge is 0.460 e. The van der Waals surface area contributed by atoms with E-state index >= 15 is 0 Å². The van der Waals surface area contributed by atoms with E-state index < -0.39 is 11.9 Å². The van der Waals surface area contributed by atoms with Gasteiger partial charge in [0.2, 0.25) is 5.91 Å². The van der Waals surface area contributed by atoms with Gasteiger partial charge >= 0.3 is 5.97 Å². The number of ether oxygens (including phenoxy) is 1. The molecule has 0 bridgehead atoms. The molecule has 1 aromatic heterocycles. The molecule has 104 valence electrons. The van der Waals surface area contributed by atoms with Gasteiger partial charge in [0.05, 0.1) is 12.1 Å². The molecule has 0 aliphatic rings. The van der Waals surface area contributed by atoms with Crippen molar-refractivity contribution >= 4 is 17.6 Å². The van der Waals surface area contributed by atoms with E-state index in [2.05, 4.69) is 5.10 Å². The fourth-order valence-electron chi connectivity index (χ4n) is 1.52. The number of nitrogens with zero attached hydrogens (tertiary/aromatic N) is 2. The second kappa shape index (κ2) is 5.87. The molecule has 0 saturated heterocycles. The van der Waals surface area contributed by atoms with Gasteiger partial charge in [-0.1, -0.05) is 0 Å². The summed E-state index contributed by atoms with van der Waals surface area (Å²) in [5.41, 5.74) is 12.1. The summed E-state index contributed by atoms with van der Waals surface area (Å²) >= 11 is 0. The van der Waals surface area contributed by atoms with Gasteiger partial charge in [0.1, 0.15) is 6.61 Å². The topological polar surface area (TPSA) is 113 Å². The summed E-state index contributed by atoms with van der Waals surface area (Å²) < 4.78 is 6.40. The van der Waals surface area contributed by atoms with Crippen molar-refractivity contribution in [1.29, 1.82) is 0 Å². The van der Waals surface area contributed by atoms with Crippen LogP contribution in [0.5, 0.6) is 0 Å². The molecule has 0 radical (unpaired) electrons. The predicted molar refractivity (Wildman–Crippen MR) is 72.1 cm³/mol. The van der Waals surface area contributed by atoms with Gasteiger partial charge in [0, 0.05) is 11.9 Å². The van der Waals surface area contributed by atoms with Crippen LogP contribution in [0.15, 0.2) is 36.5 Å². The van der Waals surface area contributed by atoms with Gasteiger partial charge in [-0.3, -0.25) is 4.79 Å². The number of benzene rings is 1. The zero-order chi connectivity index (χ0) is 14.5. The minimum atomic E-state index is -0.597. The Morgan fingerprint density at radius 3 is 2.55 bits per heavy atom. The first kappa shape index (κ1) is 13.6. The number of carbonyl (C=O) groups excluding carboxylic acids is 2. The molecule has 2 rings (SSSR count). The summed E-state index contributed by atoms with van der Waals surface area (Å²) in [5.74, 6) is -1.12. The van der Waals surface area contributed by atoms with E-state index in [1.165, 1.54) is 10.7 Å². The number of hydrogen-bond donors (Lipinski definition) is 2. The Labute approximate surface area is 115 Å². The highest BCUT2D eigenvalue weighted by Gasteiger charge is 2.12. The summed E-state index contributed by atoms with van der Waals surface area (Å²) in [6.07, 6.45) is 1.63. The second-order valence-corrected chi connectivity index (χ2v) is 4.09. The molecule has 0 fully saturated rings. The third-order valence-corrected chi connectivity index (χ3v) is 2.54. The van der Waals surface area contributed by atoms with E-state index in [1.54, 1.807) is 30.5 Å². The zero-order valence-corrected chi connectivity index (χ0v) is 10.7. The molecule has 1 heterocycles. The molecule has 1 aromatic carbocycles. The maximum absolute atomic E-state index is 11.7. The quantitative estimate of drug-likeness (QED) is 0.608.